The zero-order valence-corrected chi connectivity index (χ0v) is 18.2. The third-order valence-corrected chi connectivity index (χ3v) is 6.03. The zero-order valence-electron chi connectivity index (χ0n) is 16.6. The van der Waals surface area contributed by atoms with E-state index in [0.717, 1.165) is 23.9 Å². The van der Waals surface area contributed by atoms with E-state index in [1.165, 1.54) is 50.4 Å². The van der Waals surface area contributed by atoms with Crippen LogP contribution in [0.2, 0.25) is 0 Å². The van der Waals surface area contributed by atoms with E-state index in [1.54, 1.807) is 0 Å². The molecule has 0 saturated heterocycles. The summed E-state index contributed by atoms with van der Waals surface area (Å²) in [6.45, 7) is 1.29. The van der Waals surface area contributed by atoms with Crippen LogP contribution in [0.1, 0.15) is 12.5 Å². The fourth-order valence-electron chi connectivity index (χ4n) is 2.53. The molecule has 0 bridgehead atoms. The number of methoxy groups -OCH3 is 1. The Morgan fingerprint density at radius 2 is 1.97 bits per heavy atom. The van der Waals surface area contributed by atoms with Crippen LogP contribution >= 0.6 is 11.8 Å². The molecule has 0 unspecified atom stereocenters. The lowest BCUT2D eigenvalue weighted by Crippen LogP contribution is -2.23. The molecular formula is C19H15N3O8S2. The molecule has 0 fully saturated rings. The number of ether oxygens (including phenoxy) is 1. The third kappa shape index (κ3) is 5.31. The molecule has 1 N–H and O–H groups in total. The largest absolute Gasteiger partial charge is 0.493 e. The lowest BCUT2D eigenvalue weighted by atomic mass is 10.2. The highest BCUT2D eigenvalue weighted by Crippen LogP contribution is 2.34. The van der Waals surface area contributed by atoms with E-state index in [2.05, 4.69) is 10.3 Å². The van der Waals surface area contributed by atoms with Crippen molar-refractivity contribution in [3.05, 3.63) is 63.0 Å². The van der Waals surface area contributed by atoms with E-state index in [1.807, 2.05) is 0 Å². The number of thioether (sulfide) groups is 1. The predicted octanol–water partition coefficient (Wildman–Crippen LogP) is 2.48. The number of nitrogens with one attached hydrogen (secondary N) is 1. The molecule has 3 rings (SSSR count). The molecule has 11 nitrogen and oxygen atoms in total. The van der Waals surface area contributed by atoms with Gasteiger partial charge in [-0.1, -0.05) is 12.1 Å². The van der Waals surface area contributed by atoms with Crippen molar-refractivity contribution < 1.29 is 31.9 Å². The Morgan fingerprint density at radius 1 is 1.22 bits per heavy atom. The minimum atomic E-state index is -4.38. The number of amides is 2. The number of hydrogen-bond acceptors (Lipinski definition) is 9. The van der Waals surface area contributed by atoms with Crippen LogP contribution < -0.4 is 14.2 Å². The molecule has 13 heteroatoms. The summed E-state index contributed by atoms with van der Waals surface area (Å²) in [6.07, 6.45) is 1.49. The molecule has 2 amide bonds. The third-order valence-electron chi connectivity index (χ3n) is 3.91. The number of rotatable bonds is 6. The molecule has 2 aromatic carbocycles. The average Bonchev–Trinajstić information content (AvgIpc) is 3.06. The van der Waals surface area contributed by atoms with Gasteiger partial charge < -0.3 is 14.2 Å². The summed E-state index contributed by atoms with van der Waals surface area (Å²) in [4.78, 5) is 36.9. The number of carbonyl (C=O) groups excluding carboxylic acids is 2. The van der Waals surface area contributed by atoms with Crippen LogP contribution in [0.15, 0.2) is 57.3 Å². The SMILES string of the molecule is COc1cc(/C=C2\SC(NC(C)=O)=NC2=O)ccc1OS(=O)(=O)c1cccc([N+](=O)[O-])c1. The minimum Gasteiger partial charge on any atom is -0.493 e. The Labute approximate surface area is 186 Å². The Morgan fingerprint density at radius 3 is 2.62 bits per heavy atom. The van der Waals surface area contributed by atoms with E-state index in [0.29, 0.717) is 5.56 Å². The number of non-ortho nitro benzene ring substituents is 1. The highest BCUT2D eigenvalue weighted by molar-refractivity contribution is 8.18. The van der Waals surface area contributed by atoms with Gasteiger partial charge in [0.05, 0.1) is 16.9 Å². The Kier molecular flexibility index (Phi) is 6.60. The van der Waals surface area contributed by atoms with Crippen LogP contribution in [0.25, 0.3) is 6.08 Å². The van der Waals surface area contributed by atoms with Crippen molar-refractivity contribution in [2.45, 2.75) is 11.8 Å². The van der Waals surface area contributed by atoms with E-state index >= 15 is 0 Å². The molecule has 0 aromatic heterocycles. The van der Waals surface area contributed by atoms with Gasteiger partial charge in [0.1, 0.15) is 4.90 Å². The van der Waals surface area contributed by atoms with Gasteiger partial charge in [-0.15, -0.1) is 0 Å². The number of aliphatic imine (C=N–C) groups is 1. The van der Waals surface area contributed by atoms with Gasteiger partial charge in [-0.05, 0) is 41.6 Å². The second-order valence-electron chi connectivity index (χ2n) is 6.22. The van der Waals surface area contributed by atoms with Gasteiger partial charge in [0.25, 0.3) is 11.6 Å². The molecule has 1 aliphatic heterocycles. The molecule has 166 valence electrons. The molecule has 32 heavy (non-hydrogen) atoms. The minimum absolute atomic E-state index is 0.0480. The Hall–Kier alpha value is -3.71. The first-order valence-electron chi connectivity index (χ1n) is 8.76. The van der Waals surface area contributed by atoms with Crippen LogP contribution in [0.4, 0.5) is 5.69 Å². The zero-order chi connectivity index (χ0) is 23.5. The lowest BCUT2D eigenvalue weighted by molar-refractivity contribution is -0.385. The molecule has 0 spiro atoms. The van der Waals surface area contributed by atoms with Gasteiger partial charge in [0.2, 0.25) is 5.91 Å². The number of nitro benzene ring substituents is 1. The summed E-state index contributed by atoms with van der Waals surface area (Å²) < 4.78 is 35.4. The smallest absolute Gasteiger partial charge is 0.339 e. The standard InChI is InChI=1S/C19H15N3O8S2/c1-11(23)20-19-21-18(24)17(31-19)9-12-6-7-15(16(8-12)29-2)30-32(27,28)14-5-3-4-13(10-14)22(25)26/h3-10H,1-2H3,(H,20,21,23,24)/b17-9-. The monoisotopic (exact) mass is 477 g/mol. The van der Waals surface area contributed by atoms with Crippen molar-refractivity contribution >= 4 is 50.6 Å². The van der Waals surface area contributed by atoms with Crippen LogP contribution in [-0.4, -0.2) is 37.4 Å². The second-order valence-corrected chi connectivity index (χ2v) is 8.79. The van der Waals surface area contributed by atoms with Crippen molar-refractivity contribution in [2.24, 2.45) is 4.99 Å². The van der Waals surface area contributed by atoms with Crippen LogP contribution in [0.3, 0.4) is 0 Å². The van der Waals surface area contributed by atoms with Gasteiger partial charge in [-0.2, -0.15) is 13.4 Å². The highest BCUT2D eigenvalue weighted by Gasteiger charge is 2.24. The molecule has 0 atom stereocenters. The summed E-state index contributed by atoms with van der Waals surface area (Å²) >= 11 is 0.977. The first kappa shape index (κ1) is 23.0. The fraction of sp³-hybridized carbons (Fsp3) is 0.105. The number of nitro groups is 1. The van der Waals surface area contributed by atoms with Gasteiger partial charge in [-0.25, -0.2) is 0 Å². The summed E-state index contributed by atoms with van der Waals surface area (Å²) in [5.74, 6) is -1.00. The van der Waals surface area contributed by atoms with Gasteiger partial charge in [0, 0.05) is 19.1 Å². The quantitative estimate of drug-likeness (QED) is 0.286. The maximum atomic E-state index is 12.6. The van der Waals surface area contributed by atoms with Gasteiger partial charge in [-0.3, -0.25) is 19.7 Å². The van der Waals surface area contributed by atoms with Gasteiger partial charge in [0.15, 0.2) is 16.7 Å². The van der Waals surface area contributed by atoms with Crippen molar-refractivity contribution in [1.82, 2.24) is 5.32 Å². The topological polar surface area (TPSA) is 154 Å². The van der Waals surface area contributed by atoms with Crippen molar-refractivity contribution in [1.29, 1.82) is 0 Å². The second kappa shape index (κ2) is 9.20. The summed E-state index contributed by atoms with van der Waals surface area (Å²) in [7, 11) is -3.08. The Balaban J connectivity index is 1.85. The normalized spacial score (nSPS) is 14.8. The first-order chi connectivity index (χ1) is 15.1. The van der Waals surface area contributed by atoms with Crippen molar-refractivity contribution in [3.8, 4) is 11.5 Å². The van der Waals surface area contributed by atoms with Gasteiger partial charge >= 0.3 is 10.1 Å². The van der Waals surface area contributed by atoms with E-state index in [4.69, 9.17) is 8.92 Å². The Bertz CT molecular complexity index is 1290. The molecule has 2 aromatic rings. The number of amidine groups is 1. The first-order valence-corrected chi connectivity index (χ1v) is 11.0. The number of benzene rings is 2. The summed E-state index contributed by atoms with van der Waals surface area (Å²) in [5, 5.41) is 13.5. The molecule has 1 heterocycles. The lowest BCUT2D eigenvalue weighted by Gasteiger charge is -2.11. The van der Waals surface area contributed by atoms with Crippen LogP contribution in [0.5, 0.6) is 11.5 Å². The van der Waals surface area contributed by atoms with Crippen molar-refractivity contribution in [3.63, 3.8) is 0 Å². The number of hydrogen-bond donors (Lipinski definition) is 1. The summed E-state index contributed by atoms with van der Waals surface area (Å²) in [6, 6.07) is 8.69. The molecule has 0 aliphatic carbocycles. The maximum Gasteiger partial charge on any atom is 0.339 e. The molecular weight excluding hydrogens is 462 g/mol. The average molecular weight is 477 g/mol. The van der Waals surface area contributed by atoms with E-state index in [-0.39, 0.29) is 27.5 Å². The van der Waals surface area contributed by atoms with Crippen LogP contribution in [-0.2, 0) is 19.7 Å². The number of carbonyl (C=O) groups is 2. The van der Waals surface area contributed by atoms with Crippen LogP contribution in [0, 0.1) is 10.1 Å². The molecule has 0 saturated carbocycles. The predicted molar refractivity (Wildman–Crippen MR) is 116 cm³/mol. The molecule has 1 aliphatic rings. The summed E-state index contributed by atoms with van der Waals surface area (Å²) in [5.41, 5.74) is 0.0836. The van der Waals surface area contributed by atoms with Crippen molar-refractivity contribution in [2.75, 3.05) is 7.11 Å². The molecule has 0 radical (unpaired) electrons. The fourth-order valence-corrected chi connectivity index (χ4v) is 4.37. The van der Waals surface area contributed by atoms with E-state index < -0.39 is 31.5 Å². The van der Waals surface area contributed by atoms with E-state index in [9.17, 15) is 28.1 Å². The highest BCUT2D eigenvalue weighted by atomic mass is 32.2. The number of nitrogens with zero attached hydrogens (tertiary/aromatic N) is 2. The maximum absolute atomic E-state index is 12.6.